The van der Waals surface area contributed by atoms with Crippen molar-refractivity contribution in [3.8, 4) is 0 Å². The highest BCUT2D eigenvalue weighted by atomic mass is 31.2. The molecule has 0 heterocycles. The summed E-state index contributed by atoms with van der Waals surface area (Å²) in [5.41, 5.74) is 1.30. The van der Waals surface area contributed by atoms with Gasteiger partial charge < -0.3 is 9.05 Å². The first kappa shape index (κ1) is 26.4. The second kappa shape index (κ2) is 18.2. The van der Waals surface area contributed by atoms with E-state index in [1.165, 1.54) is 56.9 Å². The fourth-order valence-electron chi connectivity index (χ4n) is 3.44. The molecule has 1 atom stereocenters. The van der Waals surface area contributed by atoms with Crippen LogP contribution in [0.15, 0.2) is 30.3 Å². The quantitative estimate of drug-likeness (QED) is 0.155. The molecule has 0 saturated heterocycles. The van der Waals surface area contributed by atoms with Crippen LogP contribution in [0.2, 0.25) is 0 Å². The van der Waals surface area contributed by atoms with Gasteiger partial charge >= 0.3 is 7.60 Å². The molecule has 0 aliphatic carbocycles. The van der Waals surface area contributed by atoms with E-state index in [1.807, 2.05) is 6.07 Å². The van der Waals surface area contributed by atoms with Crippen molar-refractivity contribution in [2.75, 3.05) is 19.4 Å². The summed E-state index contributed by atoms with van der Waals surface area (Å²) in [5, 5.41) is 0. The maximum atomic E-state index is 13.0. The lowest BCUT2D eigenvalue weighted by Crippen LogP contribution is -2.04. The highest BCUT2D eigenvalue weighted by molar-refractivity contribution is 7.53. The fraction of sp³-hybridized carbons (Fsp3) is 0.760. The Labute approximate surface area is 180 Å². The van der Waals surface area contributed by atoms with E-state index in [-0.39, 0.29) is 0 Å². The van der Waals surface area contributed by atoms with Gasteiger partial charge in [-0.15, -0.1) is 0 Å². The number of rotatable bonds is 20. The Bertz CT molecular complexity index is 518. The minimum atomic E-state index is -2.93. The van der Waals surface area contributed by atoms with Crippen molar-refractivity contribution in [1.29, 1.82) is 0 Å². The van der Waals surface area contributed by atoms with E-state index in [4.69, 9.17) is 9.05 Å². The van der Waals surface area contributed by atoms with Gasteiger partial charge in [0.15, 0.2) is 0 Å². The lowest BCUT2D eigenvalue weighted by molar-refractivity contribution is 0.198. The van der Waals surface area contributed by atoms with Crippen molar-refractivity contribution < 1.29 is 13.6 Å². The summed E-state index contributed by atoms with van der Waals surface area (Å²) in [6.45, 7) is 5.45. The average molecular weight is 425 g/mol. The lowest BCUT2D eigenvalue weighted by atomic mass is 10.1. The normalized spacial score (nSPS) is 13.4. The Morgan fingerprint density at radius 2 is 1.17 bits per heavy atom. The standard InChI is InChI=1S/C25H45O3P/c1-3-5-7-8-9-10-11-12-13-17-22-27-29(26,24-6-4-2)28-23-18-21-25-19-15-14-16-20-25/h14-16,19-20H,3-13,17-18,21-24H2,1-2H3. The summed E-state index contributed by atoms with van der Waals surface area (Å²) < 4.78 is 24.6. The number of unbranched alkanes of at least 4 members (excludes halogenated alkanes) is 10. The van der Waals surface area contributed by atoms with Crippen LogP contribution in [-0.4, -0.2) is 19.4 Å². The molecule has 3 nitrogen and oxygen atoms in total. The lowest BCUT2D eigenvalue weighted by Gasteiger charge is -2.18. The summed E-state index contributed by atoms with van der Waals surface area (Å²) >= 11 is 0. The molecule has 1 aromatic carbocycles. The molecule has 0 aliphatic rings. The molecule has 0 fully saturated rings. The van der Waals surface area contributed by atoms with Gasteiger partial charge in [0.25, 0.3) is 0 Å². The summed E-state index contributed by atoms with van der Waals surface area (Å²) in [4.78, 5) is 0. The van der Waals surface area contributed by atoms with E-state index in [9.17, 15) is 4.57 Å². The van der Waals surface area contributed by atoms with Gasteiger partial charge in [-0.3, -0.25) is 4.57 Å². The van der Waals surface area contributed by atoms with E-state index in [2.05, 4.69) is 38.1 Å². The van der Waals surface area contributed by atoms with Gasteiger partial charge in [0, 0.05) is 0 Å². The van der Waals surface area contributed by atoms with E-state index < -0.39 is 7.60 Å². The minimum absolute atomic E-state index is 0.508. The Morgan fingerprint density at radius 3 is 1.76 bits per heavy atom. The highest BCUT2D eigenvalue weighted by Gasteiger charge is 2.23. The third-order valence-corrected chi connectivity index (χ3v) is 7.33. The molecule has 0 amide bonds. The zero-order valence-electron chi connectivity index (χ0n) is 19.1. The first-order valence-corrected chi connectivity index (χ1v) is 13.8. The third-order valence-electron chi connectivity index (χ3n) is 5.31. The molecule has 0 aliphatic heterocycles. The number of benzene rings is 1. The predicted octanol–water partition coefficient (Wildman–Crippen LogP) is 8.57. The molecule has 168 valence electrons. The van der Waals surface area contributed by atoms with Crippen LogP contribution in [0.25, 0.3) is 0 Å². The van der Waals surface area contributed by atoms with Gasteiger partial charge in [0.1, 0.15) is 0 Å². The summed E-state index contributed by atoms with van der Waals surface area (Å²) in [6.07, 6.45) is 17.2. The number of hydrogen-bond acceptors (Lipinski definition) is 3. The largest absolute Gasteiger partial charge is 0.330 e. The molecule has 0 saturated carbocycles. The number of hydrogen-bond donors (Lipinski definition) is 0. The molecule has 0 spiro atoms. The van der Waals surface area contributed by atoms with Gasteiger partial charge in [-0.2, -0.15) is 0 Å². The van der Waals surface area contributed by atoms with Crippen molar-refractivity contribution in [3.05, 3.63) is 35.9 Å². The van der Waals surface area contributed by atoms with Gasteiger partial charge in [0.2, 0.25) is 0 Å². The van der Waals surface area contributed by atoms with E-state index >= 15 is 0 Å². The van der Waals surface area contributed by atoms with Gasteiger partial charge in [-0.25, -0.2) is 0 Å². The Balaban J connectivity index is 2.12. The topological polar surface area (TPSA) is 35.5 Å². The molecule has 29 heavy (non-hydrogen) atoms. The fourth-order valence-corrected chi connectivity index (χ4v) is 5.29. The first-order valence-electron chi connectivity index (χ1n) is 12.1. The van der Waals surface area contributed by atoms with Crippen molar-refractivity contribution in [1.82, 2.24) is 0 Å². The van der Waals surface area contributed by atoms with E-state index in [0.717, 1.165) is 38.5 Å². The van der Waals surface area contributed by atoms with Crippen molar-refractivity contribution >= 4 is 7.60 Å². The second-order valence-electron chi connectivity index (χ2n) is 8.13. The van der Waals surface area contributed by atoms with E-state index in [0.29, 0.717) is 19.4 Å². The molecular weight excluding hydrogens is 379 g/mol. The Kier molecular flexibility index (Phi) is 16.5. The molecule has 0 bridgehead atoms. The summed E-state index contributed by atoms with van der Waals surface area (Å²) in [7, 11) is -2.93. The van der Waals surface area contributed by atoms with Gasteiger partial charge in [-0.05, 0) is 31.2 Å². The summed E-state index contributed by atoms with van der Waals surface area (Å²) in [6, 6.07) is 10.4. The monoisotopic (exact) mass is 424 g/mol. The van der Waals surface area contributed by atoms with Gasteiger partial charge in [-0.1, -0.05) is 108 Å². The molecular formula is C25H45O3P. The smallest absolute Gasteiger partial charge is 0.309 e. The van der Waals surface area contributed by atoms with Crippen LogP contribution >= 0.6 is 7.60 Å². The molecule has 0 radical (unpaired) electrons. The minimum Gasteiger partial charge on any atom is -0.309 e. The second-order valence-corrected chi connectivity index (χ2v) is 10.3. The first-order chi connectivity index (χ1) is 14.2. The number of aryl methyl sites for hydroxylation is 1. The summed E-state index contributed by atoms with van der Waals surface area (Å²) in [5.74, 6) is 0. The van der Waals surface area contributed by atoms with Crippen LogP contribution in [0.5, 0.6) is 0 Å². The van der Waals surface area contributed by atoms with Crippen LogP contribution in [-0.2, 0) is 20.0 Å². The molecule has 1 unspecified atom stereocenters. The van der Waals surface area contributed by atoms with Crippen LogP contribution < -0.4 is 0 Å². The SMILES string of the molecule is CCCCCCCCCCCCOP(=O)(CCCC)OCCCc1ccccc1. The van der Waals surface area contributed by atoms with E-state index in [1.54, 1.807) is 0 Å². The average Bonchev–Trinajstić information content (AvgIpc) is 2.74. The van der Waals surface area contributed by atoms with Crippen molar-refractivity contribution in [2.24, 2.45) is 0 Å². The third kappa shape index (κ3) is 14.9. The molecule has 4 heteroatoms. The van der Waals surface area contributed by atoms with Gasteiger partial charge in [0.05, 0.1) is 19.4 Å². The molecule has 1 aromatic rings. The molecule has 1 rings (SSSR count). The van der Waals surface area contributed by atoms with Crippen LogP contribution in [0.4, 0.5) is 0 Å². The molecule has 0 N–H and O–H groups in total. The van der Waals surface area contributed by atoms with Crippen LogP contribution in [0, 0.1) is 0 Å². The predicted molar refractivity (Wildman–Crippen MR) is 126 cm³/mol. The highest BCUT2D eigenvalue weighted by Crippen LogP contribution is 2.49. The van der Waals surface area contributed by atoms with Crippen LogP contribution in [0.3, 0.4) is 0 Å². The zero-order valence-corrected chi connectivity index (χ0v) is 20.0. The maximum absolute atomic E-state index is 13.0. The van der Waals surface area contributed by atoms with Crippen molar-refractivity contribution in [3.63, 3.8) is 0 Å². The maximum Gasteiger partial charge on any atom is 0.330 e. The molecule has 0 aromatic heterocycles. The van der Waals surface area contributed by atoms with Crippen molar-refractivity contribution in [2.45, 2.75) is 104 Å². The van der Waals surface area contributed by atoms with Crippen LogP contribution in [0.1, 0.15) is 103 Å². The Morgan fingerprint density at radius 1 is 0.655 bits per heavy atom. The Hall–Kier alpha value is -0.630. The zero-order chi connectivity index (χ0) is 21.0.